The van der Waals surface area contributed by atoms with Gasteiger partial charge in [-0.15, -0.1) is 0 Å². The zero-order valence-corrected chi connectivity index (χ0v) is 19.9. The average Bonchev–Trinajstić information content (AvgIpc) is 2.74. The first-order valence-corrected chi connectivity index (χ1v) is 10.5. The van der Waals surface area contributed by atoms with Gasteiger partial charge in [-0.05, 0) is 19.9 Å². The minimum absolute atomic E-state index is 0.273. The van der Waals surface area contributed by atoms with Gasteiger partial charge in [0.2, 0.25) is 0 Å². The van der Waals surface area contributed by atoms with Crippen LogP contribution in [0, 0.1) is 0 Å². The molecule has 12 heteroatoms. The Bertz CT molecular complexity index is 730. The van der Waals surface area contributed by atoms with Gasteiger partial charge < -0.3 is 33.5 Å². The molecule has 0 saturated carbocycles. The van der Waals surface area contributed by atoms with Gasteiger partial charge in [-0.2, -0.15) is 0 Å². The third-order valence-corrected chi connectivity index (χ3v) is 3.64. The first-order valence-electron chi connectivity index (χ1n) is 10.5. The fourth-order valence-electron chi connectivity index (χ4n) is 2.45. The van der Waals surface area contributed by atoms with Crippen molar-refractivity contribution < 1.29 is 57.5 Å². The van der Waals surface area contributed by atoms with Crippen LogP contribution in [0.15, 0.2) is 24.3 Å². The van der Waals surface area contributed by atoms with Crippen molar-refractivity contribution in [3.63, 3.8) is 0 Å². The molecule has 12 nitrogen and oxygen atoms in total. The van der Waals surface area contributed by atoms with Crippen molar-refractivity contribution in [2.75, 3.05) is 26.4 Å². The van der Waals surface area contributed by atoms with E-state index in [0.29, 0.717) is 19.8 Å². The Morgan fingerprint density at radius 3 is 1.68 bits per heavy atom. The smallest absolute Gasteiger partial charge is 0.339 e. The van der Waals surface area contributed by atoms with Crippen LogP contribution in [0.4, 0.5) is 0 Å². The molecule has 4 atom stereocenters. The normalized spacial score (nSPS) is 22.5. The standard InChI is InChI=1S/C10H14O5.C8H12O4.C4H6O3/c1-3-13-10(12)9-8(15-7(2)11)5-4-6-14-9;1-2-11-8(10)7-6(9)4-3-5-12-7;1-3(5)7-4(2)6/h4-5,8-9H,3,6H2,1-2H3;3-4,6-7,9H,2,5H2,1H3;1-2H3/t8-,9-;6-,7-;/m11./s1. The van der Waals surface area contributed by atoms with E-state index in [1.807, 2.05) is 0 Å². The van der Waals surface area contributed by atoms with Crippen molar-refractivity contribution in [1.29, 1.82) is 0 Å². The van der Waals surface area contributed by atoms with Crippen LogP contribution >= 0.6 is 0 Å². The molecule has 0 unspecified atom stereocenters. The Balaban J connectivity index is 0.000000514. The number of hydrogen-bond donors (Lipinski definition) is 1. The number of ether oxygens (including phenoxy) is 6. The lowest BCUT2D eigenvalue weighted by Crippen LogP contribution is -2.41. The van der Waals surface area contributed by atoms with Crippen LogP contribution < -0.4 is 0 Å². The number of carbonyl (C=O) groups excluding carboxylic acids is 5. The molecule has 0 aromatic rings. The molecule has 0 bridgehead atoms. The van der Waals surface area contributed by atoms with Crippen molar-refractivity contribution >= 4 is 29.8 Å². The summed E-state index contributed by atoms with van der Waals surface area (Å²) in [6.45, 7) is 8.31. The van der Waals surface area contributed by atoms with E-state index in [0.717, 1.165) is 0 Å². The first-order chi connectivity index (χ1) is 16.0. The second-order valence-corrected chi connectivity index (χ2v) is 6.52. The lowest BCUT2D eigenvalue weighted by atomic mass is 10.1. The van der Waals surface area contributed by atoms with E-state index in [-0.39, 0.29) is 6.61 Å². The molecule has 192 valence electrons. The van der Waals surface area contributed by atoms with Crippen molar-refractivity contribution in [3.8, 4) is 0 Å². The monoisotopic (exact) mass is 488 g/mol. The number of aliphatic hydroxyl groups excluding tert-OH is 1. The molecule has 34 heavy (non-hydrogen) atoms. The molecule has 0 radical (unpaired) electrons. The van der Waals surface area contributed by atoms with Gasteiger partial charge in [0.1, 0.15) is 6.10 Å². The van der Waals surface area contributed by atoms with Crippen LogP contribution in [0.25, 0.3) is 0 Å². The van der Waals surface area contributed by atoms with E-state index in [4.69, 9.17) is 23.7 Å². The van der Waals surface area contributed by atoms with Crippen LogP contribution in [0.5, 0.6) is 0 Å². The maximum atomic E-state index is 11.4. The number of aliphatic hydroxyl groups is 1. The first kappa shape index (κ1) is 30.9. The van der Waals surface area contributed by atoms with Gasteiger partial charge in [0.25, 0.3) is 0 Å². The molecule has 0 fully saturated rings. The predicted octanol–water partition coefficient (Wildman–Crippen LogP) is 0.398. The van der Waals surface area contributed by atoms with Crippen LogP contribution in [0.2, 0.25) is 0 Å². The number of hydrogen-bond acceptors (Lipinski definition) is 12. The van der Waals surface area contributed by atoms with Crippen LogP contribution in [-0.2, 0) is 52.4 Å². The Labute approximate surface area is 197 Å². The zero-order valence-electron chi connectivity index (χ0n) is 19.9. The van der Waals surface area contributed by atoms with E-state index in [9.17, 15) is 29.1 Å². The quantitative estimate of drug-likeness (QED) is 0.246. The molecule has 2 rings (SSSR count). The van der Waals surface area contributed by atoms with Gasteiger partial charge in [0.15, 0.2) is 18.3 Å². The van der Waals surface area contributed by atoms with E-state index in [1.54, 1.807) is 32.1 Å². The molecular weight excluding hydrogens is 456 g/mol. The molecule has 0 amide bonds. The summed E-state index contributed by atoms with van der Waals surface area (Å²) in [5.41, 5.74) is 0. The van der Waals surface area contributed by atoms with Crippen LogP contribution in [0.3, 0.4) is 0 Å². The molecule has 0 saturated heterocycles. The number of rotatable bonds is 5. The molecule has 0 aromatic heterocycles. The van der Waals surface area contributed by atoms with E-state index in [2.05, 4.69) is 4.74 Å². The third-order valence-electron chi connectivity index (χ3n) is 3.64. The Morgan fingerprint density at radius 1 is 0.794 bits per heavy atom. The summed E-state index contributed by atoms with van der Waals surface area (Å²) < 4.78 is 28.6. The van der Waals surface area contributed by atoms with Crippen molar-refractivity contribution in [3.05, 3.63) is 24.3 Å². The molecule has 0 aliphatic carbocycles. The SMILES string of the molecule is CC(=O)OC(C)=O.CCOC(=O)[C@@H]1OCC=C[C@H]1O.CCOC(=O)[C@@H]1OCC=C[C@H]1OC(C)=O. The van der Waals surface area contributed by atoms with Gasteiger partial charge >= 0.3 is 29.8 Å². The van der Waals surface area contributed by atoms with Crippen LogP contribution in [0.1, 0.15) is 34.6 Å². The zero-order chi connectivity index (χ0) is 26.1. The van der Waals surface area contributed by atoms with Gasteiger partial charge in [-0.1, -0.05) is 18.2 Å². The van der Waals surface area contributed by atoms with Gasteiger partial charge in [0.05, 0.1) is 26.4 Å². The average molecular weight is 488 g/mol. The highest BCUT2D eigenvalue weighted by Crippen LogP contribution is 2.13. The maximum absolute atomic E-state index is 11.4. The van der Waals surface area contributed by atoms with Gasteiger partial charge in [0, 0.05) is 20.8 Å². The Hall–Kier alpha value is -3.09. The summed E-state index contributed by atoms with van der Waals surface area (Å²) in [6, 6.07) is 0. The minimum atomic E-state index is -0.877. The summed E-state index contributed by atoms with van der Waals surface area (Å²) in [5, 5.41) is 9.25. The number of carbonyl (C=O) groups is 5. The third kappa shape index (κ3) is 13.5. The minimum Gasteiger partial charge on any atom is -0.464 e. The highest BCUT2D eigenvalue weighted by atomic mass is 16.6. The summed E-state index contributed by atoms with van der Waals surface area (Å²) in [6.07, 6.45) is 3.27. The predicted molar refractivity (Wildman–Crippen MR) is 115 cm³/mol. The maximum Gasteiger partial charge on any atom is 0.339 e. The van der Waals surface area contributed by atoms with Gasteiger partial charge in [-0.3, -0.25) is 14.4 Å². The van der Waals surface area contributed by atoms with Crippen LogP contribution in [-0.4, -0.2) is 85.8 Å². The van der Waals surface area contributed by atoms with Gasteiger partial charge in [-0.25, -0.2) is 9.59 Å². The molecule has 2 aliphatic heterocycles. The molecule has 0 spiro atoms. The Morgan fingerprint density at radius 2 is 1.26 bits per heavy atom. The topological polar surface area (TPSA) is 161 Å². The van der Waals surface area contributed by atoms with Crippen molar-refractivity contribution in [2.24, 2.45) is 0 Å². The highest BCUT2D eigenvalue weighted by Gasteiger charge is 2.33. The largest absolute Gasteiger partial charge is 0.464 e. The fourth-order valence-corrected chi connectivity index (χ4v) is 2.45. The molecule has 0 aromatic carbocycles. The molecule has 2 aliphatic rings. The summed E-state index contributed by atoms with van der Waals surface area (Å²) in [7, 11) is 0. The highest BCUT2D eigenvalue weighted by molar-refractivity contribution is 5.82. The van der Waals surface area contributed by atoms with Crippen molar-refractivity contribution in [1.82, 2.24) is 0 Å². The molecule has 1 N–H and O–H groups in total. The Kier molecular flexibility index (Phi) is 15.8. The van der Waals surface area contributed by atoms with Crippen molar-refractivity contribution in [2.45, 2.75) is 59.0 Å². The number of esters is 5. The van der Waals surface area contributed by atoms with E-state index >= 15 is 0 Å². The lowest BCUT2D eigenvalue weighted by Gasteiger charge is -2.25. The second-order valence-electron chi connectivity index (χ2n) is 6.52. The fraction of sp³-hybridized carbons (Fsp3) is 0.591. The van der Waals surface area contributed by atoms with E-state index in [1.165, 1.54) is 26.8 Å². The summed E-state index contributed by atoms with van der Waals surface area (Å²) in [4.78, 5) is 52.9. The van der Waals surface area contributed by atoms with E-state index < -0.39 is 54.3 Å². The second kappa shape index (κ2) is 17.4. The molecular formula is C22H32O12. The summed E-state index contributed by atoms with van der Waals surface area (Å²) >= 11 is 0. The lowest BCUT2D eigenvalue weighted by molar-refractivity contribution is -0.170. The summed E-state index contributed by atoms with van der Waals surface area (Å²) in [5.74, 6) is -2.59. The molecule has 2 heterocycles.